The summed E-state index contributed by atoms with van der Waals surface area (Å²) in [4.78, 5) is 10.7. The van der Waals surface area contributed by atoms with E-state index in [0.29, 0.717) is 18.7 Å². The van der Waals surface area contributed by atoms with Crippen LogP contribution < -0.4 is 4.74 Å². The predicted molar refractivity (Wildman–Crippen MR) is 107 cm³/mol. The van der Waals surface area contributed by atoms with Gasteiger partial charge in [0.25, 0.3) is 0 Å². The highest BCUT2D eigenvalue weighted by Crippen LogP contribution is 2.34. The highest BCUT2D eigenvalue weighted by molar-refractivity contribution is 7.90. The van der Waals surface area contributed by atoms with Crippen LogP contribution in [0, 0.1) is 11.6 Å². The summed E-state index contributed by atoms with van der Waals surface area (Å²) in [6, 6.07) is 7.21. The predicted octanol–water partition coefficient (Wildman–Crippen LogP) is 3.82. The average Bonchev–Trinajstić information content (AvgIpc) is 3.17. The third kappa shape index (κ3) is 3.87. The molecule has 4 rings (SSSR count). The van der Waals surface area contributed by atoms with Gasteiger partial charge in [-0.05, 0) is 36.8 Å². The van der Waals surface area contributed by atoms with Crippen molar-refractivity contribution >= 4 is 27.7 Å². The quantitative estimate of drug-likeness (QED) is 0.714. The van der Waals surface area contributed by atoms with E-state index in [2.05, 4.69) is 9.98 Å². The molecular formula is C20H19F2N3O3S. The molecule has 0 fully saturated rings. The zero-order valence-electron chi connectivity index (χ0n) is 15.7. The summed E-state index contributed by atoms with van der Waals surface area (Å²) < 4.78 is 58.7. The Balaban J connectivity index is 1.65. The van der Waals surface area contributed by atoms with Crippen molar-refractivity contribution in [2.24, 2.45) is 9.98 Å². The molecular weight excluding hydrogens is 400 g/mol. The summed E-state index contributed by atoms with van der Waals surface area (Å²) in [5.41, 5.74) is 0.973. The van der Waals surface area contributed by atoms with Gasteiger partial charge in [0.2, 0.25) is 0 Å². The van der Waals surface area contributed by atoms with E-state index in [1.807, 2.05) is 4.90 Å². The number of nitrogens with zero attached hydrogens (tertiary/aromatic N) is 3. The minimum absolute atomic E-state index is 0.138. The monoisotopic (exact) mass is 419 g/mol. The fourth-order valence-electron chi connectivity index (χ4n) is 3.33. The first-order valence-electron chi connectivity index (χ1n) is 9.23. The van der Waals surface area contributed by atoms with E-state index in [1.54, 1.807) is 31.5 Å². The summed E-state index contributed by atoms with van der Waals surface area (Å²) in [5.74, 6) is -1.92. The van der Waals surface area contributed by atoms with Gasteiger partial charge in [-0.2, -0.15) is 0 Å². The van der Waals surface area contributed by atoms with Crippen molar-refractivity contribution in [3.63, 3.8) is 0 Å². The number of ether oxygens (including phenoxy) is 1. The van der Waals surface area contributed by atoms with Crippen LogP contribution in [-0.4, -0.2) is 44.3 Å². The first-order chi connectivity index (χ1) is 13.9. The second kappa shape index (κ2) is 7.55. The van der Waals surface area contributed by atoms with Crippen LogP contribution in [0.5, 0.6) is 11.5 Å². The smallest absolute Gasteiger partial charge is 0.172 e. The van der Waals surface area contributed by atoms with Crippen molar-refractivity contribution in [1.82, 2.24) is 4.90 Å². The molecule has 2 heterocycles. The largest absolute Gasteiger partial charge is 0.454 e. The molecule has 2 aromatic rings. The molecule has 6 nitrogen and oxygen atoms in total. The molecule has 0 radical (unpaired) electrons. The third-order valence-corrected chi connectivity index (χ3v) is 6.44. The number of hydrogen-bond acceptors (Lipinski definition) is 6. The fraction of sp³-hybridized carbons (Fsp3) is 0.300. The molecule has 2 aliphatic heterocycles. The maximum Gasteiger partial charge on any atom is 0.172 e. The van der Waals surface area contributed by atoms with E-state index >= 15 is 0 Å². The summed E-state index contributed by atoms with van der Waals surface area (Å²) in [7, 11) is -3.61. The van der Waals surface area contributed by atoms with Crippen LogP contribution >= 0.6 is 0 Å². The van der Waals surface area contributed by atoms with Crippen LogP contribution in [-0.2, 0) is 15.6 Å². The molecule has 0 N–H and O–H groups in total. The first kappa shape index (κ1) is 19.5. The molecule has 0 atom stereocenters. The molecule has 0 unspecified atom stereocenters. The minimum Gasteiger partial charge on any atom is -0.454 e. The molecule has 152 valence electrons. The summed E-state index contributed by atoms with van der Waals surface area (Å²) in [6.07, 6.45) is 2.09. The minimum atomic E-state index is -3.61. The van der Waals surface area contributed by atoms with E-state index in [4.69, 9.17) is 4.74 Å². The number of rotatable bonds is 6. The van der Waals surface area contributed by atoms with E-state index in [0.717, 1.165) is 35.8 Å². The van der Waals surface area contributed by atoms with Crippen LogP contribution in [0.25, 0.3) is 0 Å². The number of amidine groups is 1. The van der Waals surface area contributed by atoms with Crippen LogP contribution in [0.4, 0.5) is 14.5 Å². The molecule has 9 heteroatoms. The molecule has 0 aromatic heterocycles. The van der Waals surface area contributed by atoms with Gasteiger partial charge in [0, 0.05) is 17.7 Å². The number of fused-ring (bicyclic) bond motifs is 3. The van der Waals surface area contributed by atoms with Gasteiger partial charge < -0.3 is 9.64 Å². The van der Waals surface area contributed by atoms with Gasteiger partial charge in [-0.1, -0.05) is 6.92 Å². The van der Waals surface area contributed by atoms with Crippen LogP contribution in [0.2, 0.25) is 0 Å². The zero-order valence-corrected chi connectivity index (χ0v) is 16.5. The Hall–Kier alpha value is -2.81. The number of hydrogen-bond donors (Lipinski definition) is 0. The molecule has 0 bridgehead atoms. The zero-order chi connectivity index (χ0) is 20.6. The molecule has 0 saturated carbocycles. The van der Waals surface area contributed by atoms with Crippen molar-refractivity contribution in [3.05, 3.63) is 53.1 Å². The standard InChI is InChI=1S/C20H19F2N3O3S/c1-2-9-29(26,27)11-15-16(21)4-6-18(19(15)22)28-13-3-5-17-14(10-13)20-23-7-8-25(20)12-24-17/h3-6,10,12H,2,7-9,11H2,1H3. The van der Waals surface area contributed by atoms with Gasteiger partial charge in [-0.15, -0.1) is 0 Å². The fourth-order valence-corrected chi connectivity index (χ4v) is 4.80. The maximum absolute atomic E-state index is 14.9. The van der Waals surface area contributed by atoms with Gasteiger partial charge in [-0.3, -0.25) is 4.99 Å². The van der Waals surface area contributed by atoms with Crippen LogP contribution in [0.15, 0.2) is 40.3 Å². The van der Waals surface area contributed by atoms with Gasteiger partial charge in [-0.25, -0.2) is 22.2 Å². The summed E-state index contributed by atoms with van der Waals surface area (Å²) in [6.45, 7) is 3.10. The normalized spacial score (nSPS) is 15.1. The number of halogens is 2. The third-order valence-electron chi connectivity index (χ3n) is 4.68. The number of benzene rings is 2. The molecule has 29 heavy (non-hydrogen) atoms. The molecule has 0 spiro atoms. The average molecular weight is 419 g/mol. The SMILES string of the molecule is CCCS(=O)(=O)Cc1c(F)ccc(Oc2ccc3c(c2)C2=NCCN2C=N3)c1F. The van der Waals surface area contributed by atoms with Crippen molar-refractivity contribution in [3.8, 4) is 11.5 Å². The second-order valence-electron chi connectivity index (χ2n) is 6.85. The summed E-state index contributed by atoms with van der Waals surface area (Å²) in [5, 5.41) is 0. The Morgan fingerprint density at radius 1 is 1.21 bits per heavy atom. The molecule has 0 amide bonds. The van der Waals surface area contributed by atoms with E-state index in [-0.39, 0.29) is 11.5 Å². The van der Waals surface area contributed by atoms with Gasteiger partial charge in [0.15, 0.2) is 21.4 Å². The lowest BCUT2D eigenvalue weighted by molar-refractivity contribution is 0.433. The van der Waals surface area contributed by atoms with Gasteiger partial charge in [0.05, 0.1) is 30.1 Å². The molecule has 0 aliphatic carbocycles. The highest BCUT2D eigenvalue weighted by atomic mass is 32.2. The van der Waals surface area contributed by atoms with Crippen molar-refractivity contribution in [2.45, 2.75) is 19.1 Å². The summed E-state index contributed by atoms with van der Waals surface area (Å²) >= 11 is 0. The highest BCUT2D eigenvalue weighted by Gasteiger charge is 2.25. The van der Waals surface area contributed by atoms with E-state index < -0.39 is 32.8 Å². The first-order valence-corrected chi connectivity index (χ1v) is 11.0. The Kier molecular flexibility index (Phi) is 5.08. The van der Waals surface area contributed by atoms with Crippen molar-refractivity contribution in [1.29, 1.82) is 0 Å². The number of aliphatic imine (C=N–C) groups is 2. The second-order valence-corrected chi connectivity index (χ2v) is 9.04. The van der Waals surface area contributed by atoms with Gasteiger partial charge >= 0.3 is 0 Å². The van der Waals surface area contributed by atoms with E-state index in [9.17, 15) is 17.2 Å². The Morgan fingerprint density at radius 2 is 2.03 bits per heavy atom. The lowest BCUT2D eigenvalue weighted by atomic mass is 10.1. The molecule has 2 aromatic carbocycles. The molecule has 2 aliphatic rings. The van der Waals surface area contributed by atoms with Crippen LogP contribution in [0.1, 0.15) is 24.5 Å². The number of sulfone groups is 1. The van der Waals surface area contributed by atoms with E-state index in [1.165, 1.54) is 0 Å². The Morgan fingerprint density at radius 3 is 2.83 bits per heavy atom. The van der Waals surface area contributed by atoms with Gasteiger partial charge in [0.1, 0.15) is 17.4 Å². The van der Waals surface area contributed by atoms with Crippen molar-refractivity contribution < 1.29 is 21.9 Å². The van der Waals surface area contributed by atoms with Crippen molar-refractivity contribution in [2.75, 3.05) is 18.8 Å². The van der Waals surface area contributed by atoms with Crippen LogP contribution in [0.3, 0.4) is 0 Å². The Bertz CT molecular complexity index is 1130. The lowest BCUT2D eigenvalue weighted by Gasteiger charge is -2.21. The molecule has 0 saturated heterocycles. The topological polar surface area (TPSA) is 71.3 Å². The maximum atomic E-state index is 14.9. The lowest BCUT2D eigenvalue weighted by Crippen LogP contribution is -2.29. The Labute approximate surface area is 167 Å².